The monoisotopic (exact) mass is 440 g/mol. The lowest BCUT2D eigenvalue weighted by Gasteiger charge is -2.15. The molecule has 1 aliphatic rings. The smallest absolute Gasteiger partial charge is 0.225 e. The van der Waals surface area contributed by atoms with Gasteiger partial charge in [0.2, 0.25) is 11.8 Å². The first kappa shape index (κ1) is 21.3. The van der Waals surface area contributed by atoms with E-state index >= 15 is 0 Å². The first-order chi connectivity index (χ1) is 13.7. The van der Waals surface area contributed by atoms with Crippen molar-refractivity contribution in [2.45, 2.75) is 34.8 Å². The summed E-state index contributed by atoms with van der Waals surface area (Å²) < 4.78 is 51.9. The second-order valence-electron chi connectivity index (χ2n) is 6.54. The molecule has 0 fully saturated rings. The average Bonchev–Trinajstić information content (AvgIpc) is 2.84. The summed E-state index contributed by atoms with van der Waals surface area (Å²) in [6, 6.07) is 7.34. The van der Waals surface area contributed by atoms with E-state index < -0.39 is 32.6 Å². The largest absolute Gasteiger partial charge is 0.326 e. The zero-order valence-electron chi connectivity index (χ0n) is 15.4. The van der Waals surface area contributed by atoms with Crippen molar-refractivity contribution in [2.24, 2.45) is 0 Å². The number of carbonyl (C=O) groups is 2. The molecular formula is C19H18F2N2O4S2. The SMILES string of the molecule is C[C@H](CC(=O)Nc1ccc(F)c(F)c1)S(=O)(=O)c1ccc2c(c1)NC(=O)CCS2. The molecule has 6 nitrogen and oxygen atoms in total. The van der Waals surface area contributed by atoms with Gasteiger partial charge >= 0.3 is 0 Å². The zero-order chi connectivity index (χ0) is 21.2. The molecule has 0 aromatic heterocycles. The lowest BCUT2D eigenvalue weighted by molar-refractivity contribution is -0.116. The molecule has 0 unspecified atom stereocenters. The van der Waals surface area contributed by atoms with Crippen LogP contribution in [0.15, 0.2) is 46.2 Å². The minimum Gasteiger partial charge on any atom is -0.326 e. The van der Waals surface area contributed by atoms with Gasteiger partial charge in [-0.05, 0) is 37.3 Å². The Kier molecular flexibility index (Phi) is 6.23. The van der Waals surface area contributed by atoms with E-state index in [2.05, 4.69) is 10.6 Å². The molecule has 1 aliphatic heterocycles. The first-order valence-corrected chi connectivity index (χ1v) is 11.3. The van der Waals surface area contributed by atoms with Crippen molar-refractivity contribution in [3.8, 4) is 0 Å². The summed E-state index contributed by atoms with van der Waals surface area (Å²) in [4.78, 5) is 24.7. The van der Waals surface area contributed by atoms with Crippen molar-refractivity contribution in [1.29, 1.82) is 0 Å². The Labute approximate surface area is 171 Å². The third kappa shape index (κ3) is 4.94. The highest BCUT2D eigenvalue weighted by Crippen LogP contribution is 2.33. The third-order valence-corrected chi connectivity index (χ3v) is 7.56. The molecule has 1 heterocycles. The number of carbonyl (C=O) groups excluding carboxylic acids is 2. The fourth-order valence-corrected chi connectivity index (χ4v) is 5.08. The lowest BCUT2D eigenvalue weighted by atomic mass is 10.2. The van der Waals surface area contributed by atoms with E-state index in [1.54, 1.807) is 6.07 Å². The van der Waals surface area contributed by atoms with Gasteiger partial charge in [-0.2, -0.15) is 0 Å². The van der Waals surface area contributed by atoms with Crippen LogP contribution in [-0.2, 0) is 19.4 Å². The predicted molar refractivity (Wildman–Crippen MR) is 107 cm³/mol. The molecule has 2 N–H and O–H groups in total. The fraction of sp³-hybridized carbons (Fsp3) is 0.263. The number of fused-ring (bicyclic) bond motifs is 1. The second kappa shape index (κ2) is 8.50. The quantitative estimate of drug-likeness (QED) is 0.741. The normalized spacial score (nSPS) is 15.1. The molecule has 0 aliphatic carbocycles. The molecule has 0 saturated carbocycles. The van der Waals surface area contributed by atoms with E-state index in [0.29, 0.717) is 17.9 Å². The summed E-state index contributed by atoms with van der Waals surface area (Å²) in [5.41, 5.74) is 0.459. The van der Waals surface area contributed by atoms with Gasteiger partial charge < -0.3 is 10.6 Å². The van der Waals surface area contributed by atoms with Crippen LogP contribution in [0.1, 0.15) is 19.8 Å². The van der Waals surface area contributed by atoms with Crippen LogP contribution in [0, 0.1) is 11.6 Å². The van der Waals surface area contributed by atoms with Gasteiger partial charge in [0.05, 0.1) is 15.8 Å². The summed E-state index contributed by atoms with van der Waals surface area (Å²) in [7, 11) is -3.86. The average molecular weight is 440 g/mol. The van der Waals surface area contributed by atoms with Crippen LogP contribution in [0.5, 0.6) is 0 Å². The van der Waals surface area contributed by atoms with Crippen molar-refractivity contribution >= 4 is 44.8 Å². The highest BCUT2D eigenvalue weighted by molar-refractivity contribution is 7.99. The highest BCUT2D eigenvalue weighted by atomic mass is 32.2. The standard InChI is InChI=1S/C19H18F2N2O4S2/c1-11(8-19(25)22-12-2-4-14(20)15(21)9-12)29(26,27)13-3-5-17-16(10-13)23-18(24)6-7-28-17/h2-5,9-11H,6-8H2,1H3,(H,22,25)(H,23,24)/t11-/m1/s1. The molecule has 29 heavy (non-hydrogen) atoms. The second-order valence-corrected chi connectivity index (χ2v) is 10.0. The molecule has 2 amide bonds. The Balaban J connectivity index is 1.74. The van der Waals surface area contributed by atoms with Gasteiger partial charge in [-0.3, -0.25) is 9.59 Å². The number of halogens is 2. The van der Waals surface area contributed by atoms with Gasteiger partial charge in [0.15, 0.2) is 21.5 Å². The maximum Gasteiger partial charge on any atom is 0.225 e. The summed E-state index contributed by atoms with van der Waals surface area (Å²) in [5, 5.41) is 3.98. The molecule has 0 spiro atoms. The highest BCUT2D eigenvalue weighted by Gasteiger charge is 2.27. The molecule has 1 atom stereocenters. The third-order valence-electron chi connectivity index (χ3n) is 4.35. The van der Waals surface area contributed by atoms with E-state index in [1.165, 1.54) is 36.9 Å². The maximum absolute atomic E-state index is 13.2. The number of sulfone groups is 1. The van der Waals surface area contributed by atoms with Gasteiger partial charge in [-0.25, -0.2) is 17.2 Å². The molecule has 0 bridgehead atoms. The van der Waals surface area contributed by atoms with E-state index in [4.69, 9.17) is 0 Å². The Morgan fingerprint density at radius 2 is 1.97 bits per heavy atom. The van der Waals surface area contributed by atoms with E-state index in [-0.39, 0.29) is 22.9 Å². The minimum atomic E-state index is -3.86. The molecule has 2 aromatic carbocycles. The van der Waals surface area contributed by atoms with E-state index in [9.17, 15) is 26.8 Å². The molecule has 2 aromatic rings. The van der Waals surface area contributed by atoms with Crippen molar-refractivity contribution in [2.75, 3.05) is 16.4 Å². The number of rotatable bonds is 5. The fourth-order valence-electron chi connectivity index (χ4n) is 2.77. The van der Waals surface area contributed by atoms with E-state index in [0.717, 1.165) is 17.0 Å². The number of amides is 2. The number of anilines is 2. The van der Waals surface area contributed by atoms with Gasteiger partial charge in [-0.15, -0.1) is 11.8 Å². The van der Waals surface area contributed by atoms with Gasteiger partial charge in [0.25, 0.3) is 0 Å². The Morgan fingerprint density at radius 1 is 1.21 bits per heavy atom. The Bertz CT molecular complexity index is 1070. The summed E-state index contributed by atoms with van der Waals surface area (Å²) >= 11 is 1.46. The number of hydrogen-bond donors (Lipinski definition) is 2. The molecular weight excluding hydrogens is 422 g/mol. The van der Waals surface area contributed by atoms with Crippen LogP contribution in [0.2, 0.25) is 0 Å². The van der Waals surface area contributed by atoms with Crippen LogP contribution in [0.4, 0.5) is 20.2 Å². The topological polar surface area (TPSA) is 92.3 Å². The lowest BCUT2D eigenvalue weighted by Crippen LogP contribution is -2.25. The minimum absolute atomic E-state index is 0.00724. The van der Waals surface area contributed by atoms with Crippen LogP contribution < -0.4 is 10.6 Å². The van der Waals surface area contributed by atoms with Gasteiger partial charge in [0, 0.05) is 35.2 Å². The summed E-state index contributed by atoms with van der Waals surface area (Å²) in [5.74, 6) is -2.40. The maximum atomic E-state index is 13.2. The van der Waals surface area contributed by atoms with Gasteiger partial charge in [0.1, 0.15) is 0 Å². The zero-order valence-corrected chi connectivity index (χ0v) is 17.0. The van der Waals surface area contributed by atoms with Crippen molar-refractivity contribution in [3.63, 3.8) is 0 Å². The van der Waals surface area contributed by atoms with Gasteiger partial charge in [-0.1, -0.05) is 0 Å². The number of thioether (sulfide) groups is 1. The number of hydrogen-bond acceptors (Lipinski definition) is 5. The summed E-state index contributed by atoms with van der Waals surface area (Å²) in [6.07, 6.45) is -0.0402. The summed E-state index contributed by atoms with van der Waals surface area (Å²) in [6.45, 7) is 1.39. The first-order valence-electron chi connectivity index (χ1n) is 8.72. The number of nitrogens with one attached hydrogen (secondary N) is 2. The van der Waals surface area contributed by atoms with Crippen molar-refractivity contribution in [1.82, 2.24) is 0 Å². The molecule has 0 saturated heterocycles. The van der Waals surface area contributed by atoms with Crippen LogP contribution in [0.3, 0.4) is 0 Å². The van der Waals surface area contributed by atoms with Crippen LogP contribution in [-0.4, -0.2) is 31.2 Å². The Hall–Kier alpha value is -2.46. The van der Waals surface area contributed by atoms with E-state index in [1.807, 2.05) is 0 Å². The molecule has 3 rings (SSSR count). The molecule has 0 radical (unpaired) electrons. The van der Waals surface area contributed by atoms with Crippen molar-refractivity contribution < 1.29 is 26.8 Å². The van der Waals surface area contributed by atoms with Crippen molar-refractivity contribution in [3.05, 3.63) is 48.0 Å². The predicted octanol–water partition coefficient (Wildman–Crippen LogP) is 3.59. The van der Waals surface area contributed by atoms with Crippen LogP contribution in [0.25, 0.3) is 0 Å². The van der Waals surface area contributed by atoms with Crippen LogP contribution >= 0.6 is 11.8 Å². The number of benzene rings is 2. The Morgan fingerprint density at radius 3 is 2.69 bits per heavy atom. The molecule has 154 valence electrons. The molecule has 10 heteroatoms.